The molecule has 3 rings (SSSR count). The second-order valence-electron chi connectivity index (χ2n) is 5.53. The minimum absolute atomic E-state index is 0.00348. The summed E-state index contributed by atoms with van der Waals surface area (Å²) in [5, 5.41) is 0. The first kappa shape index (κ1) is 17.1. The molecule has 0 bridgehead atoms. The van der Waals surface area contributed by atoms with Gasteiger partial charge in [0.15, 0.2) is 5.58 Å². The number of aryl methyl sites for hydroxylation is 1. The average Bonchev–Trinajstić information content (AvgIpc) is 2.81. The van der Waals surface area contributed by atoms with Gasteiger partial charge in [0.1, 0.15) is 0 Å². The standard InChI is InChI=1S/C14H16F2N2O5S/c1-17-11-3-2-10(7-12(11)23-14(17)19)24(20,21)18-4-5-22-8-9(18)6-13(15)16/h2-3,7,9,13H,4-6,8H2,1H3. The van der Waals surface area contributed by atoms with Gasteiger partial charge in [0.25, 0.3) is 0 Å². The Morgan fingerprint density at radius 1 is 1.38 bits per heavy atom. The molecule has 1 saturated heterocycles. The van der Waals surface area contributed by atoms with Gasteiger partial charge in [0, 0.05) is 26.1 Å². The Balaban J connectivity index is 2.01. The Hall–Kier alpha value is -1.78. The van der Waals surface area contributed by atoms with Crippen LogP contribution < -0.4 is 5.76 Å². The number of morpholine rings is 1. The Kier molecular flexibility index (Phi) is 4.45. The molecule has 0 radical (unpaired) electrons. The molecule has 1 aliphatic rings. The number of aromatic nitrogens is 1. The van der Waals surface area contributed by atoms with Gasteiger partial charge in [-0.1, -0.05) is 0 Å². The van der Waals surface area contributed by atoms with E-state index in [9.17, 15) is 22.0 Å². The zero-order chi connectivity index (χ0) is 17.5. The molecule has 132 valence electrons. The first-order valence-electron chi connectivity index (χ1n) is 7.28. The van der Waals surface area contributed by atoms with E-state index in [4.69, 9.17) is 9.15 Å². The molecule has 1 atom stereocenters. The number of nitrogens with zero attached hydrogens (tertiary/aromatic N) is 2. The maximum absolute atomic E-state index is 12.8. The van der Waals surface area contributed by atoms with Crippen LogP contribution in [-0.2, 0) is 21.8 Å². The maximum Gasteiger partial charge on any atom is 0.419 e. The largest absolute Gasteiger partial charge is 0.419 e. The third-order valence-electron chi connectivity index (χ3n) is 3.99. The molecule has 0 aliphatic carbocycles. The number of benzene rings is 1. The molecule has 1 aliphatic heterocycles. The van der Waals surface area contributed by atoms with E-state index < -0.39 is 34.7 Å². The number of hydrogen-bond donors (Lipinski definition) is 0. The van der Waals surface area contributed by atoms with Crippen molar-refractivity contribution in [2.45, 2.75) is 23.8 Å². The zero-order valence-electron chi connectivity index (χ0n) is 12.8. The van der Waals surface area contributed by atoms with Crippen molar-refractivity contribution in [3.8, 4) is 0 Å². The van der Waals surface area contributed by atoms with Crippen LogP contribution in [0.1, 0.15) is 6.42 Å². The van der Waals surface area contributed by atoms with Gasteiger partial charge in [-0.05, 0) is 12.1 Å². The second-order valence-corrected chi connectivity index (χ2v) is 7.42. The van der Waals surface area contributed by atoms with Crippen LogP contribution in [0.4, 0.5) is 8.78 Å². The molecule has 7 nitrogen and oxygen atoms in total. The summed E-state index contributed by atoms with van der Waals surface area (Å²) in [5.74, 6) is -0.610. The Labute approximate surface area is 136 Å². The number of oxazole rings is 1. The molecule has 1 fully saturated rings. The molecule has 0 N–H and O–H groups in total. The highest BCUT2D eigenvalue weighted by Crippen LogP contribution is 2.26. The van der Waals surface area contributed by atoms with E-state index in [1.54, 1.807) is 0 Å². The third kappa shape index (κ3) is 2.96. The predicted octanol–water partition coefficient (Wildman–Crippen LogP) is 1.18. The van der Waals surface area contributed by atoms with Crippen LogP contribution >= 0.6 is 0 Å². The van der Waals surface area contributed by atoms with Gasteiger partial charge in [-0.2, -0.15) is 4.31 Å². The molecule has 0 spiro atoms. The van der Waals surface area contributed by atoms with Crippen LogP contribution in [0.15, 0.2) is 32.3 Å². The summed E-state index contributed by atoms with van der Waals surface area (Å²) in [6, 6.07) is 3.10. The van der Waals surface area contributed by atoms with E-state index in [0.29, 0.717) is 5.52 Å². The monoisotopic (exact) mass is 362 g/mol. The summed E-state index contributed by atoms with van der Waals surface area (Å²) in [6.45, 7) is 0.0599. The fourth-order valence-corrected chi connectivity index (χ4v) is 4.38. The lowest BCUT2D eigenvalue weighted by molar-refractivity contribution is 0.00453. The molecular formula is C14H16F2N2O5S. The van der Waals surface area contributed by atoms with Crippen LogP contribution in [0.2, 0.25) is 0 Å². The fraction of sp³-hybridized carbons (Fsp3) is 0.500. The summed E-state index contributed by atoms with van der Waals surface area (Å²) < 4.78 is 63.5. The maximum atomic E-state index is 12.8. The Morgan fingerprint density at radius 3 is 2.83 bits per heavy atom. The van der Waals surface area contributed by atoms with E-state index in [-0.39, 0.29) is 30.2 Å². The molecule has 2 aromatic rings. The number of ether oxygens (including phenoxy) is 1. The van der Waals surface area contributed by atoms with Crippen LogP contribution in [0.5, 0.6) is 0 Å². The van der Waals surface area contributed by atoms with Crippen molar-refractivity contribution >= 4 is 21.1 Å². The van der Waals surface area contributed by atoms with Gasteiger partial charge in [-0.25, -0.2) is 22.0 Å². The van der Waals surface area contributed by atoms with E-state index in [2.05, 4.69) is 0 Å². The molecule has 1 aromatic carbocycles. The van der Waals surface area contributed by atoms with Gasteiger partial charge in [0.2, 0.25) is 16.4 Å². The number of halogens is 2. The van der Waals surface area contributed by atoms with Gasteiger partial charge >= 0.3 is 5.76 Å². The minimum atomic E-state index is -4.00. The highest BCUT2D eigenvalue weighted by Gasteiger charge is 2.35. The molecule has 1 aromatic heterocycles. The SMILES string of the molecule is Cn1c(=O)oc2cc(S(=O)(=O)N3CCOCC3CC(F)F)ccc21. The van der Waals surface area contributed by atoms with E-state index in [1.165, 1.54) is 29.8 Å². The highest BCUT2D eigenvalue weighted by atomic mass is 32.2. The number of hydrogen-bond acceptors (Lipinski definition) is 5. The number of alkyl halides is 2. The Bertz CT molecular complexity index is 906. The topological polar surface area (TPSA) is 81.8 Å². The van der Waals surface area contributed by atoms with Gasteiger partial charge in [0.05, 0.1) is 29.7 Å². The summed E-state index contributed by atoms with van der Waals surface area (Å²) in [4.78, 5) is 11.4. The van der Waals surface area contributed by atoms with Crippen LogP contribution in [0, 0.1) is 0 Å². The average molecular weight is 362 g/mol. The molecule has 24 heavy (non-hydrogen) atoms. The van der Waals surface area contributed by atoms with Crippen molar-refractivity contribution in [1.82, 2.24) is 8.87 Å². The molecule has 10 heteroatoms. The molecule has 1 unspecified atom stereocenters. The third-order valence-corrected chi connectivity index (χ3v) is 5.94. The normalized spacial score (nSPS) is 20.1. The number of fused-ring (bicyclic) bond motifs is 1. The van der Waals surface area contributed by atoms with Gasteiger partial charge in [-0.3, -0.25) is 4.57 Å². The fourth-order valence-electron chi connectivity index (χ4n) is 2.76. The lowest BCUT2D eigenvalue weighted by Gasteiger charge is -2.34. The second kappa shape index (κ2) is 6.26. The van der Waals surface area contributed by atoms with Crippen LogP contribution in [-0.4, -0.2) is 49.5 Å². The summed E-state index contributed by atoms with van der Waals surface area (Å²) in [6.07, 6.45) is -3.23. The first-order valence-corrected chi connectivity index (χ1v) is 8.72. The van der Waals surface area contributed by atoms with E-state index in [0.717, 1.165) is 4.31 Å². The Morgan fingerprint density at radius 2 is 2.12 bits per heavy atom. The molecule has 2 heterocycles. The number of sulfonamides is 1. The van der Waals surface area contributed by atoms with Crippen molar-refractivity contribution in [2.24, 2.45) is 7.05 Å². The van der Waals surface area contributed by atoms with Crippen LogP contribution in [0.3, 0.4) is 0 Å². The van der Waals surface area contributed by atoms with Crippen molar-refractivity contribution in [3.63, 3.8) is 0 Å². The molecule has 0 saturated carbocycles. The first-order chi connectivity index (χ1) is 11.3. The summed E-state index contributed by atoms with van der Waals surface area (Å²) >= 11 is 0. The van der Waals surface area contributed by atoms with Crippen molar-refractivity contribution in [3.05, 3.63) is 28.7 Å². The summed E-state index contributed by atoms with van der Waals surface area (Å²) in [7, 11) is -2.50. The smallest absolute Gasteiger partial charge is 0.408 e. The lowest BCUT2D eigenvalue weighted by atomic mass is 10.2. The quantitative estimate of drug-likeness (QED) is 0.816. The van der Waals surface area contributed by atoms with Gasteiger partial charge in [-0.15, -0.1) is 0 Å². The van der Waals surface area contributed by atoms with Crippen LogP contribution in [0.25, 0.3) is 11.1 Å². The van der Waals surface area contributed by atoms with E-state index in [1.807, 2.05) is 0 Å². The van der Waals surface area contributed by atoms with Gasteiger partial charge < -0.3 is 9.15 Å². The molecular weight excluding hydrogens is 346 g/mol. The van der Waals surface area contributed by atoms with Crippen molar-refractivity contribution in [2.75, 3.05) is 19.8 Å². The highest BCUT2D eigenvalue weighted by molar-refractivity contribution is 7.89. The zero-order valence-corrected chi connectivity index (χ0v) is 13.6. The summed E-state index contributed by atoms with van der Waals surface area (Å²) in [5.41, 5.74) is 0.576. The predicted molar refractivity (Wildman–Crippen MR) is 80.6 cm³/mol. The lowest BCUT2D eigenvalue weighted by Crippen LogP contribution is -2.49. The van der Waals surface area contributed by atoms with Crippen molar-refractivity contribution < 1.29 is 26.4 Å². The van der Waals surface area contributed by atoms with Crippen molar-refractivity contribution in [1.29, 1.82) is 0 Å². The van der Waals surface area contributed by atoms with E-state index >= 15 is 0 Å². The molecule has 0 amide bonds. The minimum Gasteiger partial charge on any atom is -0.408 e. The number of rotatable bonds is 4.